The molecule has 0 fully saturated rings. The van der Waals surface area contributed by atoms with Crippen LogP contribution in [0.25, 0.3) is 0 Å². The Hall–Kier alpha value is -3.37. The third-order valence-corrected chi connectivity index (χ3v) is 8.15. The highest BCUT2D eigenvalue weighted by Gasteiger charge is 2.32. The van der Waals surface area contributed by atoms with E-state index >= 15 is 0 Å². The normalized spacial score (nSPS) is 12.1. The number of hydrogen-bond donors (Lipinski definition) is 1. The molecule has 1 N–H and O–H groups in total. The molecule has 10 heteroatoms. The predicted octanol–water partition coefficient (Wildman–Crippen LogP) is 4.59. The summed E-state index contributed by atoms with van der Waals surface area (Å²) in [5, 5.41) is 2.84. The van der Waals surface area contributed by atoms with Crippen molar-refractivity contribution in [3.05, 3.63) is 88.9 Å². The van der Waals surface area contributed by atoms with Crippen LogP contribution in [0.2, 0.25) is 0 Å². The van der Waals surface area contributed by atoms with Gasteiger partial charge in [0.15, 0.2) is 0 Å². The van der Waals surface area contributed by atoms with Gasteiger partial charge in [-0.15, -0.1) is 0 Å². The van der Waals surface area contributed by atoms with Crippen LogP contribution in [-0.4, -0.2) is 50.9 Å². The molecule has 8 nitrogen and oxygen atoms in total. The first-order chi connectivity index (χ1) is 18.0. The van der Waals surface area contributed by atoms with E-state index in [4.69, 9.17) is 4.74 Å². The van der Waals surface area contributed by atoms with Gasteiger partial charge in [0.05, 0.1) is 17.7 Å². The van der Waals surface area contributed by atoms with Crippen molar-refractivity contribution in [3.8, 4) is 5.75 Å². The number of carbonyl (C=O) groups is 2. The number of anilines is 1. The molecule has 1 atom stereocenters. The van der Waals surface area contributed by atoms with Crippen LogP contribution in [0.5, 0.6) is 5.75 Å². The van der Waals surface area contributed by atoms with Crippen LogP contribution in [0.3, 0.4) is 0 Å². The first-order valence-corrected chi connectivity index (χ1v) is 14.3. The molecular formula is C28H32BrN3O5S. The summed E-state index contributed by atoms with van der Waals surface area (Å²) in [6.45, 7) is 4.92. The molecule has 0 saturated carbocycles. The van der Waals surface area contributed by atoms with Crippen molar-refractivity contribution in [3.63, 3.8) is 0 Å². The number of benzene rings is 3. The Morgan fingerprint density at radius 1 is 0.921 bits per heavy atom. The summed E-state index contributed by atoms with van der Waals surface area (Å²) in [6.07, 6.45) is 0. The minimum Gasteiger partial charge on any atom is -0.497 e. The van der Waals surface area contributed by atoms with Gasteiger partial charge in [-0.05, 0) is 74.9 Å². The number of methoxy groups -OCH3 is 1. The molecular weight excluding hydrogens is 570 g/mol. The Kier molecular flexibility index (Phi) is 9.93. The quantitative estimate of drug-likeness (QED) is 0.347. The highest BCUT2D eigenvalue weighted by molar-refractivity contribution is 9.10. The number of rotatable bonds is 11. The number of ether oxygens (including phenoxy) is 1. The highest BCUT2D eigenvalue weighted by atomic mass is 79.9. The molecule has 0 aliphatic rings. The fraction of sp³-hybridized carbons (Fsp3) is 0.286. The number of carbonyl (C=O) groups excluding carboxylic acids is 2. The minimum atomic E-state index is -4.09. The van der Waals surface area contributed by atoms with Gasteiger partial charge < -0.3 is 15.0 Å². The zero-order valence-electron chi connectivity index (χ0n) is 21.8. The topological polar surface area (TPSA) is 96.0 Å². The van der Waals surface area contributed by atoms with Crippen molar-refractivity contribution in [1.82, 2.24) is 10.2 Å². The lowest BCUT2D eigenvalue weighted by molar-refractivity contribution is -0.139. The summed E-state index contributed by atoms with van der Waals surface area (Å²) in [4.78, 5) is 28.2. The number of nitrogens with zero attached hydrogens (tertiary/aromatic N) is 2. The summed E-state index contributed by atoms with van der Waals surface area (Å²) in [6, 6.07) is 20.8. The van der Waals surface area contributed by atoms with Crippen LogP contribution in [-0.2, 0) is 26.2 Å². The zero-order valence-corrected chi connectivity index (χ0v) is 24.2. The molecule has 3 aromatic rings. The summed E-state index contributed by atoms with van der Waals surface area (Å²) < 4.78 is 34.5. The Morgan fingerprint density at radius 3 is 2.08 bits per heavy atom. The molecule has 0 bridgehead atoms. The summed E-state index contributed by atoms with van der Waals surface area (Å²) in [5.41, 5.74) is 1.10. The average Bonchev–Trinajstić information content (AvgIpc) is 2.90. The number of nitrogens with one attached hydrogen (secondary N) is 1. The zero-order chi connectivity index (χ0) is 27.9. The summed E-state index contributed by atoms with van der Waals surface area (Å²) >= 11 is 3.37. The van der Waals surface area contributed by atoms with Crippen LogP contribution >= 0.6 is 15.9 Å². The summed E-state index contributed by atoms with van der Waals surface area (Å²) in [5.74, 6) is -0.190. The van der Waals surface area contributed by atoms with Gasteiger partial charge in [-0.3, -0.25) is 13.9 Å². The Morgan fingerprint density at radius 2 is 1.53 bits per heavy atom. The van der Waals surface area contributed by atoms with Gasteiger partial charge in [-0.2, -0.15) is 0 Å². The van der Waals surface area contributed by atoms with Gasteiger partial charge >= 0.3 is 0 Å². The molecule has 0 heterocycles. The van der Waals surface area contributed by atoms with Crippen molar-refractivity contribution >= 4 is 43.5 Å². The van der Waals surface area contributed by atoms with Crippen LogP contribution in [0, 0.1) is 0 Å². The lowest BCUT2D eigenvalue weighted by Gasteiger charge is -2.32. The maximum atomic E-state index is 13.8. The molecule has 3 rings (SSSR count). The minimum absolute atomic E-state index is 0.0584. The van der Waals surface area contributed by atoms with Crippen LogP contribution in [0.1, 0.15) is 26.3 Å². The Balaban J connectivity index is 2.00. The summed E-state index contributed by atoms with van der Waals surface area (Å²) in [7, 11) is -2.53. The number of hydrogen-bond acceptors (Lipinski definition) is 5. The third-order valence-electron chi connectivity index (χ3n) is 5.83. The molecule has 0 aliphatic carbocycles. The van der Waals surface area contributed by atoms with E-state index in [1.54, 1.807) is 80.8 Å². The van der Waals surface area contributed by atoms with Gasteiger partial charge in [0.1, 0.15) is 18.3 Å². The number of sulfonamides is 1. The molecule has 3 aromatic carbocycles. The molecule has 0 aromatic heterocycles. The van der Waals surface area contributed by atoms with E-state index in [1.807, 2.05) is 13.8 Å². The second kappa shape index (κ2) is 12.9. The second-order valence-electron chi connectivity index (χ2n) is 9.01. The van der Waals surface area contributed by atoms with E-state index in [-0.39, 0.29) is 23.4 Å². The molecule has 0 radical (unpaired) electrons. The van der Waals surface area contributed by atoms with Crippen molar-refractivity contribution in [2.45, 2.75) is 44.3 Å². The fourth-order valence-electron chi connectivity index (χ4n) is 3.77. The molecule has 2 amide bonds. The standard InChI is InChI=1S/C28H32BrN3O5S/c1-20(2)30-28(34)21(3)31(18-22-10-16-25(37-4)17-11-22)27(33)19-32(24-14-12-23(29)13-15-24)38(35,36)26-8-6-5-7-9-26/h5-17,20-21H,18-19H2,1-4H3,(H,30,34)/t21-/m1/s1. The van der Waals surface area contributed by atoms with Gasteiger partial charge in [0.25, 0.3) is 10.0 Å². The maximum absolute atomic E-state index is 13.8. The van der Waals surface area contributed by atoms with Gasteiger partial charge in [-0.1, -0.05) is 46.3 Å². The second-order valence-corrected chi connectivity index (χ2v) is 11.8. The van der Waals surface area contributed by atoms with Crippen LogP contribution < -0.4 is 14.4 Å². The average molecular weight is 603 g/mol. The Labute approximate surface area is 232 Å². The van der Waals surface area contributed by atoms with Crippen molar-refractivity contribution in [1.29, 1.82) is 0 Å². The number of amides is 2. The smallest absolute Gasteiger partial charge is 0.264 e. The van der Waals surface area contributed by atoms with Gasteiger partial charge in [-0.25, -0.2) is 8.42 Å². The Bertz CT molecular complexity index is 1330. The largest absolute Gasteiger partial charge is 0.497 e. The SMILES string of the molecule is COc1ccc(CN(C(=O)CN(c2ccc(Br)cc2)S(=O)(=O)c2ccccc2)[C@H](C)C(=O)NC(C)C)cc1. The van der Waals surface area contributed by atoms with Crippen molar-refractivity contribution in [2.75, 3.05) is 18.0 Å². The monoisotopic (exact) mass is 601 g/mol. The van der Waals surface area contributed by atoms with Crippen molar-refractivity contribution in [2.24, 2.45) is 0 Å². The molecule has 0 saturated heterocycles. The first-order valence-electron chi connectivity index (χ1n) is 12.1. The van der Waals surface area contributed by atoms with Crippen LogP contribution in [0.15, 0.2) is 88.2 Å². The molecule has 0 unspecified atom stereocenters. The van der Waals surface area contributed by atoms with Crippen LogP contribution in [0.4, 0.5) is 5.69 Å². The van der Waals surface area contributed by atoms with E-state index in [1.165, 1.54) is 17.0 Å². The maximum Gasteiger partial charge on any atom is 0.264 e. The van der Waals surface area contributed by atoms with Crippen molar-refractivity contribution < 1.29 is 22.7 Å². The predicted molar refractivity (Wildman–Crippen MR) is 151 cm³/mol. The van der Waals surface area contributed by atoms with E-state index in [0.717, 1.165) is 14.3 Å². The molecule has 0 spiro atoms. The van der Waals surface area contributed by atoms with E-state index in [0.29, 0.717) is 11.4 Å². The lowest BCUT2D eigenvalue weighted by Crippen LogP contribution is -2.52. The first kappa shape index (κ1) is 29.2. The highest BCUT2D eigenvalue weighted by Crippen LogP contribution is 2.26. The molecule has 202 valence electrons. The number of halogens is 1. The van der Waals surface area contributed by atoms with E-state index in [9.17, 15) is 18.0 Å². The van der Waals surface area contributed by atoms with Gasteiger partial charge in [0, 0.05) is 17.1 Å². The fourth-order valence-corrected chi connectivity index (χ4v) is 5.47. The van der Waals surface area contributed by atoms with E-state index in [2.05, 4.69) is 21.2 Å². The third kappa shape index (κ3) is 7.35. The molecule has 0 aliphatic heterocycles. The van der Waals surface area contributed by atoms with E-state index < -0.39 is 28.5 Å². The lowest BCUT2D eigenvalue weighted by atomic mass is 10.1. The van der Waals surface area contributed by atoms with Gasteiger partial charge in [0.2, 0.25) is 11.8 Å². The molecule has 38 heavy (non-hydrogen) atoms.